The zero-order valence-electron chi connectivity index (χ0n) is 15.5. The van der Waals surface area contributed by atoms with Gasteiger partial charge in [0, 0.05) is 6.04 Å². The third kappa shape index (κ3) is 5.14. The molecule has 0 spiro atoms. The lowest BCUT2D eigenvalue weighted by Crippen LogP contribution is -2.36. The monoisotopic (exact) mass is 383 g/mol. The molecule has 0 saturated carbocycles. The minimum absolute atomic E-state index is 0.125. The Labute approximate surface area is 156 Å². The molecule has 0 aromatic heterocycles. The Balaban J connectivity index is 2.09. The van der Waals surface area contributed by atoms with Crippen molar-refractivity contribution in [3.8, 4) is 11.5 Å². The molecule has 0 aliphatic carbocycles. The molecule has 0 saturated heterocycles. The molecule has 3 unspecified atom stereocenters. The lowest BCUT2D eigenvalue weighted by molar-refractivity contribution is -0.137. The van der Waals surface area contributed by atoms with Crippen molar-refractivity contribution in [1.29, 1.82) is 0 Å². The first-order valence-corrected chi connectivity index (χ1v) is 8.49. The zero-order chi connectivity index (χ0) is 20.2. The summed E-state index contributed by atoms with van der Waals surface area (Å²) in [6.45, 7) is 1.88. The van der Waals surface area contributed by atoms with Crippen LogP contribution in [0.1, 0.15) is 29.7 Å². The molecule has 0 radical (unpaired) electrons. The summed E-state index contributed by atoms with van der Waals surface area (Å²) in [4.78, 5) is 0. The third-order valence-electron chi connectivity index (χ3n) is 4.61. The molecule has 0 fully saturated rings. The van der Waals surface area contributed by atoms with E-state index in [9.17, 15) is 18.3 Å². The number of aliphatic hydroxyl groups is 1. The predicted molar refractivity (Wildman–Crippen MR) is 96.8 cm³/mol. The quantitative estimate of drug-likeness (QED) is 0.760. The van der Waals surface area contributed by atoms with Crippen LogP contribution in [0.5, 0.6) is 11.5 Å². The first-order valence-electron chi connectivity index (χ1n) is 8.49. The van der Waals surface area contributed by atoms with Crippen LogP contribution in [0.25, 0.3) is 0 Å². The van der Waals surface area contributed by atoms with Crippen molar-refractivity contribution in [2.75, 3.05) is 14.2 Å². The number of methoxy groups -OCH3 is 2. The molecule has 2 aromatic carbocycles. The highest BCUT2D eigenvalue weighted by Crippen LogP contribution is 2.32. The van der Waals surface area contributed by atoms with E-state index in [1.165, 1.54) is 12.1 Å². The average molecular weight is 383 g/mol. The lowest BCUT2D eigenvalue weighted by atomic mass is 9.88. The van der Waals surface area contributed by atoms with Crippen molar-refractivity contribution >= 4 is 0 Å². The summed E-state index contributed by atoms with van der Waals surface area (Å²) in [5.74, 6) is 1.09. The van der Waals surface area contributed by atoms with Gasteiger partial charge in [0.05, 0.1) is 25.9 Å². The summed E-state index contributed by atoms with van der Waals surface area (Å²) in [7, 11) is 3.10. The molecular weight excluding hydrogens is 359 g/mol. The van der Waals surface area contributed by atoms with E-state index < -0.39 is 23.9 Å². The molecule has 0 amide bonds. The fraction of sp³-hybridized carbons (Fsp3) is 0.400. The number of halogens is 3. The number of aliphatic hydroxyl groups excluding tert-OH is 1. The van der Waals surface area contributed by atoms with Gasteiger partial charge in [-0.25, -0.2) is 0 Å². The third-order valence-corrected chi connectivity index (χ3v) is 4.61. The average Bonchev–Trinajstić information content (AvgIpc) is 2.66. The number of ether oxygens (including phenoxy) is 2. The molecule has 0 aliphatic rings. The maximum absolute atomic E-state index is 12.7. The molecule has 7 heteroatoms. The van der Waals surface area contributed by atoms with E-state index in [1.54, 1.807) is 20.3 Å². The van der Waals surface area contributed by atoms with Crippen LogP contribution >= 0.6 is 0 Å². The van der Waals surface area contributed by atoms with Crippen LogP contribution in [0.4, 0.5) is 13.2 Å². The van der Waals surface area contributed by atoms with Gasteiger partial charge in [-0.05, 0) is 47.7 Å². The fourth-order valence-corrected chi connectivity index (χ4v) is 2.92. The van der Waals surface area contributed by atoms with Crippen molar-refractivity contribution in [3.63, 3.8) is 0 Å². The Morgan fingerprint density at radius 3 is 2.11 bits per heavy atom. The largest absolute Gasteiger partial charge is 0.493 e. The van der Waals surface area contributed by atoms with Crippen LogP contribution in [-0.2, 0) is 12.6 Å². The molecule has 0 heterocycles. The molecule has 148 valence electrons. The lowest BCUT2D eigenvalue weighted by Gasteiger charge is -2.26. The molecule has 0 aliphatic heterocycles. The molecule has 2 rings (SSSR count). The summed E-state index contributed by atoms with van der Waals surface area (Å²) >= 11 is 0. The fourth-order valence-electron chi connectivity index (χ4n) is 2.92. The summed E-state index contributed by atoms with van der Waals surface area (Å²) in [5, 5.41) is 10.5. The summed E-state index contributed by atoms with van der Waals surface area (Å²) < 4.78 is 48.5. The standard InChI is InChI=1S/C20H24F3NO3/c1-12(10-13-4-9-16(26-2)17(11-13)27-3)18(24)19(25)14-5-7-15(8-6-14)20(21,22)23/h4-9,11-12,18-19,25H,10,24H2,1-3H3. The highest BCUT2D eigenvalue weighted by atomic mass is 19.4. The second-order valence-corrected chi connectivity index (χ2v) is 6.51. The van der Waals surface area contributed by atoms with E-state index >= 15 is 0 Å². The van der Waals surface area contributed by atoms with Gasteiger partial charge in [0.25, 0.3) is 0 Å². The second-order valence-electron chi connectivity index (χ2n) is 6.51. The maximum atomic E-state index is 12.7. The number of hydrogen-bond acceptors (Lipinski definition) is 4. The summed E-state index contributed by atoms with van der Waals surface area (Å²) in [5.41, 5.74) is 6.71. The normalized spacial score (nSPS) is 15.1. The van der Waals surface area contributed by atoms with Gasteiger partial charge < -0.3 is 20.3 Å². The van der Waals surface area contributed by atoms with Gasteiger partial charge in [-0.2, -0.15) is 13.2 Å². The highest BCUT2D eigenvalue weighted by molar-refractivity contribution is 5.43. The number of rotatable bonds is 7. The molecule has 3 N–H and O–H groups in total. The highest BCUT2D eigenvalue weighted by Gasteiger charge is 2.31. The molecule has 3 atom stereocenters. The van der Waals surface area contributed by atoms with Gasteiger partial charge >= 0.3 is 6.18 Å². The van der Waals surface area contributed by atoms with Gasteiger partial charge in [0.1, 0.15) is 0 Å². The van der Waals surface area contributed by atoms with Gasteiger partial charge in [-0.15, -0.1) is 0 Å². The molecule has 4 nitrogen and oxygen atoms in total. The first kappa shape index (κ1) is 21.1. The first-order chi connectivity index (χ1) is 12.7. The van der Waals surface area contributed by atoms with Crippen LogP contribution in [-0.4, -0.2) is 25.4 Å². The molecule has 0 bridgehead atoms. The number of nitrogens with two attached hydrogens (primary N) is 1. The summed E-state index contributed by atoms with van der Waals surface area (Å²) in [6.07, 6.45) is -4.91. The van der Waals surface area contributed by atoms with Gasteiger partial charge in [0.15, 0.2) is 11.5 Å². The SMILES string of the molecule is COc1ccc(CC(C)C(N)C(O)c2ccc(C(F)(F)F)cc2)cc1OC. The Morgan fingerprint density at radius 1 is 1.00 bits per heavy atom. The van der Waals surface area contributed by atoms with E-state index in [0.29, 0.717) is 23.5 Å². The van der Waals surface area contributed by atoms with Crippen molar-refractivity contribution in [2.45, 2.75) is 31.7 Å². The van der Waals surface area contributed by atoms with E-state index in [2.05, 4.69) is 0 Å². The van der Waals surface area contributed by atoms with Crippen LogP contribution in [0.15, 0.2) is 42.5 Å². The van der Waals surface area contributed by atoms with Gasteiger partial charge in [-0.3, -0.25) is 0 Å². The maximum Gasteiger partial charge on any atom is 0.416 e. The molecule has 27 heavy (non-hydrogen) atoms. The van der Waals surface area contributed by atoms with Crippen molar-refractivity contribution in [2.24, 2.45) is 11.7 Å². The zero-order valence-corrected chi connectivity index (χ0v) is 15.5. The number of alkyl halides is 3. The van der Waals surface area contributed by atoms with Crippen LogP contribution < -0.4 is 15.2 Å². The smallest absolute Gasteiger partial charge is 0.416 e. The van der Waals surface area contributed by atoms with Gasteiger partial charge in [-0.1, -0.05) is 25.1 Å². The topological polar surface area (TPSA) is 64.7 Å². The van der Waals surface area contributed by atoms with Crippen molar-refractivity contribution < 1.29 is 27.8 Å². The predicted octanol–water partition coefficient (Wildman–Crippen LogP) is 3.96. The van der Waals surface area contributed by atoms with Crippen molar-refractivity contribution in [3.05, 3.63) is 59.2 Å². The van der Waals surface area contributed by atoms with Crippen LogP contribution in [0.2, 0.25) is 0 Å². The Bertz CT molecular complexity index is 747. The minimum Gasteiger partial charge on any atom is -0.493 e. The van der Waals surface area contributed by atoms with Crippen LogP contribution in [0.3, 0.4) is 0 Å². The van der Waals surface area contributed by atoms with E-state index in [4.69, 9.17) is 15.2 Å². The second kappa shape index (κ2) is 8.63. The number of hydrogen-bond donors (Lipinski definition) is 2. The molecule has 2 aromatic rings. The van der Waals surface area contributed by atoms with E-state index in [-0.39, 0.29) is 5.92 Å². The van der Waals surface area contributed by atoms with Crippen molar-refractivity contribution in [1.82, 2.24) is 0 Å². The Hall–Kier alpha value is -2.25. The van der Waals surface area contributed by atoms with Crippen LogP contribution in [0, 0.1) is 5.92 Å². The van der Waals surface area contributed by atoms with E-state index in [0.717, 1.165) is 17.7 Å². The Kier molecular flexibility index (Phi) is 6.73. The Morgan fingerprint density at radius 2 is 1.59 bits per heavy atom. The number of benzene rings is 2. The molecular formula is C20H24F3NO3. The van der Waals surface area contributed by atoms with E-state index in [1.807, 2.05) is 19.1 Å². The minimum atomic E-state index is -4.41. The van der Waals surface area contributed by atoms with Gasteiger partial charge in [0.2, 0.25) is 0 Å². The summed E-state index contributed by atoms with van der Waals surface area (Å²) in [6, 6.07) is 9.29.